The molecule has 0 aliphatic carbocycles. The Kier molecular flexibility index (Phi) is 8.55. The third-order valence-corrected chi connectivity index (χ3v) is 8.31. The van der Waals surface area contributed by atoms with Gasteiger partial charge in [0.05, 0.1) is 5.69 Å². The van der Waals surface area contributed by atoms with Crippen LogP contribution in [0.15, 0.2) is 83.8 Å². The fourth-order valence-corrected chi connectivity index (χ4v) is 6.29. The van der Waals surface area contributed by atoms with Crippen molar-refractivity contribution in [3.8, 4) is 0 Å². The molecule has 0 fully saturated rings. The van der Waals surface area contributed by atoms with Gasteiger partial charge >= 0.3 is 0 Å². The van der Waals surface area contributed by atoms with Crippen LogP contribution in [0.1, 0.15) is 50.8 Å². The van der Waals surface area contributed by atoms with E-state index in [-0.39, 0.29) is 5.91 Å². The van der Waals surface area contributed by atoms with E-state index in [4.69, 9.17) is 0 Å². The summed E-state index contributed by atoms with van der Waals surface area (Å²) in [5.41, 5.74) is 3.69. The number of hydrogen-bond donors (Lipinski definition) is 0. The Morgan fingerprint density at radius 2 is 1.53 bits per heavy atom. The molecular formula is C31H39N3OS. The number of fused-ring (bicyclic) bond motifs is 1. The van der Waals surface area contributed by atoms with E-state index in [1.165, 1.54) is 10.5 Å². The number of anilines is 1. The molecule has 0 saturated carbocycles. The highest BCUT2D eigenvalue weighted by atomic mass is 32.2. The van der Waals surface area contributed by atoms with Gasteiger partial charge in [-0.2, -0.15) is 0 Å². The molecule has 5 heteroatoms. The van der Waals surface area contributed by atoms with E-state index in [1.807, 2.05) is 36.0 Å². The minimum absolute atomic E-state index is 0.138. The second kappa shape index (κ2) is 11.6. The van der Waals surface area contributed by atoms with Gasteiger partial charge < -0.3 is 4.90 Å². The molecule has 36 heavy (non-hydrogen) atoms. The molecule has 190 valence electrons. The molecule has 0 bridgehead atoms. The van der Waals surface area contributed by atoms with Gasteiger partial charge in [0.2, 0.25) is 0 Å². The number of benzene rings is 3. The molecule has 1 aliphatic heterocycles. The average molecular weight is 502 g/mol. The summed E-state index contributed by atoms with van der Waals surface area (Å²) >= 11 is 1.87. The number of nitrogens with zero attached hydrogens (tertiary/aromatic N) is 3. The molecule has 4 rings (SSSR count). The van der Waals surface area contributed by atoms with Crippen molar-refractivity contribution in [3.05, 3.63) is 95.6 Å². The first kappa shape index (κ1) is 26.5. The Labute approximate surface area is 221 Å². The molecule has 1 amide bonds. The summed E-state index contributed by atoms with van der Waals surface area (Å²) in [7, 11) is 2.04. The number of amides is 1. The zero-order chi connectivity index (χ0) is 25.7. The molecule has 4 nitrogen and oxygen atoms in total. The van der Waals surface area contributed by atoms with Crippen molar-refractivity contribution in [2.45, 2.75) is 56.2 Å². The lowest BCUT2D eigenvalue weighted by Crippen LogP contribution is -2.49. The second-order valence-electron chi connectivity index (χ2n) is 9.77. The predicted octanol–water partition coefficient (Wildman–Crippen LogP) is 6.60. The van der Waals surface area contributed by atoms with Gasteiger partial charge in [-0.05, 0) is 54.9 Å². The second-order valence-corrected chi connectivity index (χ2v) is 11.4. The van der Waals surface area contributed by atoms with Gasteiger partial charge in [0.25, 0.3) is 5.91 Å². The standard InChI is InChI=1S/C31H39N3OS/c1-6-33(7-2)22-21-31(26-16-9-8-10-17-26)27-18-12-13-19-28(27)34(30(31)35)32(5)23-25-15-11-14-20-29(25)36-24(3)4/h8-20,24H,6-7,21-23H2,1-5H3/t31-/m0/s1. The Bertz CT molecular complexity index is 1160. The summed E-state index contributed by atoms with van der Waals surface area (Å²) in [6.07, 6.45) is 0.749. The summed E-state index contributed by atoms with van der Waals surface area (Å²) in [5, 5.41) is 4.53. The van der Waals surface area contributed by atoms with Gasteiger partial charge in [0.15, 0.2) is 0 Å². The van der Waals surface area contributed by atoms with Gasteiger partial charge in [-0.1, -0.05) is 94.4 Å². The lowest BCUT2D eigenvalue weighted by Gasteiger charge is -2.34. The first-order chi connectivity index (χ1) is 17.4. The third-order valence-electron chi connectivity index (χ3n) is 7.19. The molecule has 1 heterocycles. The van der Waals surface area contributed by atoms with Gasteiger partial charge in [-0.15, -0.1) is 11.8 Å². The number of hydrazine groups is 1. The van der Waals surface area contributed by atoms with Crippen LogP contribution in [0, 0.1) is 0 Å². The fourth-order valence-electron chi connectivity index (χ4n) is 5.34. The van der Waals surface area contributed by atoms with Crippen LogP contribution in [0.5, 0.6) is 0 Å². The highest BCUT2D eigenvalue weighted by Gasteiger charge is 2.53. The largest absolute Gasteiger partial charge is 0.304 e. The van der Waals surface area contributed by atoms with Gasteiger partial charge in [-0.3, -0.25) is 4.79 Å². The third kappa shape index (κ3) is 5.10. The molecule has 0 unspecified atom stereocenters. The molecule has 0 radical (unpaired) electrons. The Morgan fingerprint density at radius 3 is 2.22 bits per heavy atom. The first-order valence-electron chi connectivity index (χ1n) is 13.1. The number of rotatable bonds is 11. The van der Waals surface area contributed by atoms with Crippen molar-refractivity contribution >= 4 is 23.4 Å². The molecule has 0 N–H and O–H groups in total. The summed E-state index contributed by atoms with van der Waals surface area (Å²) < 4.78 is 0. The van der Waals surface area contributed by atoms with E-state index in [9.17, 15) is 4.79 Å². The van der Waals surface area contributed by atoms with Crippen LogP contribution in [0.4, 0.5) is 5.69 Å². The number of carbonyl (C=O) groups excluding carboxylic acids is 1. The van der Waals surface area contributed by atoms with E-state index in [0.717, 1.165) is 42.9 Å². The lowest BCUT2D eigenvalue weighted by atomic mass is 9.72. The van der Waals surface area contributed by atoms with Crippen molar-refractivity contribution in [2.75, 3.05) is 31.7 Å². The van der Waals surface area contributed by atoms with E-state index < -0.39 is 5.41 Å². The predicted molar refractivity (Wildman–Crippen MR) is 152 cm³/mol. The van der Waals surface area contributed by atoms with Crippen LogP contribution in [0.25, 0.3) is 0 Å². The molecule has 0 spiro atoms. The zero-order valence-corrected chi connectivity index (χ0v) is 23.1. The van der Waals surface area contributed by atoms with E-state index in [0.29, 0.717) is 11.8 Å². The number of hydrogen-bond acceptors (Lipinski definition) is 4. The van der Waals surface area contributed by atoms with Crippen LogP contribution in [-0.4, -0.2) is 47.7 Å². The monoisotopic (exact) mass is 501 g/mol. The quantitative estimate of drug-likeness (QED) is 0.277. The van der Waals surface area contributed by atoms with Crippen molar-refractivity contribution in [1.29, 1.82) is 0 Å². The van der Waals surface area contributed by atoms with Crippen LogP contribution >= 0.6 is 11.8 Å². The van der Waals surface area contributed by atoms with Crippen molar-refractivity contribution in [1.82, 2.24) is 9.91 Å². The van der Waals surface area contributed by atoms with Gasteiger partial charge in [0, 0.05) is 23.7 Å². The SMILES string of the molecule is CCN(CC)CC[C@@]1(c2ccccc2)C(=O)N(N(C)Cc2ccccc2SC(C)C)c2ccccc21. The normalized spacial score (nSPS) is 17.4. The summed E-state index contributed by atoms with van der Waals surface area (Å²) in [6, 6.07) is 27.3. The number of para-hydroxylation sites is 1. The maximum atomic E-state index is 14.6. The topological polar surface area (TPSA) is 26.8 Å². The Balaban J connectivity index is 1.76. The molecule has 3 aromatic rings. The summed E-state index contributed by atoms with van der Waals surface area (Å²) in [6.45, 7) is 12.3. The average Bonchev–Trinajstić information content (AvgIpc) is 3.14. The Hall–Kier alpha value is -2.60. The van der Waals surface area contributed by atoms with Crippen LogP contribution in [0.2, 0.25) is 0 Å². The maximum absolute atomic E-state index is 14.6. The molecule has 1 aliphatic rings. The van der Waals surface area contributed by atoms with Gasteiger partial charge in [0.1, 0.15) is 5.41 Å². The zero-order valence-electron chi connectivity index (χ0n) is 22.3. The highest BCUT2D eigenvalue weighted by molar-refractivity contribution is 8.00. The smallest absolute Gasteiger partial charge is 0.256 e. The molecule has 0 saturated heterocycles. The minimum Gasteiger partial charge on any atom is -0.304 e. The highest BCUT2D eigenvalue weighted by Crippen LogP contribution is 2.49. The molecule has 1 atom stereocenters. The van der Waals surface area contributed by atoms with E-state index in [1.54, 1.807) is 0 Å². The van der Waals surface area contributed by atoms with Crippen molar-refractivity contribution < 1.29 is 4.79 Å². The maximum Gasteiger partial charge on any atom is 0.256 e. The molecular weight excluding hydrogens is 462 g/mol. The molecule has 3 aromatic carbocycles. The van der Waals surface area contributed by atoms with Crippen LogP contribution in [-0.2, 0) is 16.8 Å². The van der Waals surface area contributed by atoms with Crippen molar-refractivity contribution in [3.63, 3.8) is 0 Å². The molecule has 0 aromatic heterocycles. The van der Waals surface area contributed by atoms with E-state index >= 15 is 0 Å². The van der Waals surface area contributed by atoms with Gasteiger partial charge in [-0.25, -0.2) is 10.0 Å². The number of thioether (sulfide) groups is 1. The summed E-state index contributed by atoms with van der Waals surface area (Å²) in [5.74, 6) is 0.138. The van der Waals surface area contributed by atoms with Crippen molar-refractivity contribution in [2.24, 2.45) is 0 Å². The van der Waals surface area contributed by atoms with E-state index in [2.05, 4.69) is 104 Å². The van der Waals surface area contributed by atoms with Crippen LogP contribution < -0.4 is 5.01 Å². The lowest BCUT2D eigenvalue weighted by molar-refractivity contribution is -0.125. The first-order valence-corrected chi connectivity index (χ1v) is 14.0. The Morgan fingerprint density at radius 1 is 0.889 bits per heavy atom. The number of carbonyl (C=O) groups is 1. The fraction of sp³-hybridized carbons (Fsp3) is 0.387. The summed E-state index contributed by atoms with van der Waals surface area (Å²) in [4.78, 5) is 18.3. The minimum atomic E-state index is -0.707. The van der Waals surface area contributed by atoms with Crippen LogP contribution in [0.3, 0.4) is 0 Å².